The summed E-state index contributed by atoms with van der Waals surface area (Å²) in [6, 6.07) is 8.96. The Morgan fingerprint density at radius 1 is 1.37 bits per heavy atom. The van der Waals surface area contributed by atoms with Crippen LogP contribution in [0.1, 0.15) is 38.7 Å². The third-order valence-electron chi connectivity index (χ3n) is 4.10. The van der Waals surface area contributed by atoms with E-state index >= 15 is 0 Å². The maximum absolute atomic E-state index is 5.48. The van der Waals surface area contributed by atoms with Crippen molar-refractivity contribution in [2.45, 2.75) is 45.7 Å². The first kappa shape index (κ1) is 14.1. The number of nitrogens with one attached hydrogen (secondary N) is 1. The molecule has 1 aliphatic carbocycles. The van der Waals surface area contributed by atoms with E-state index in [1.165, 1.54) is 24.8 Å². The first-order chi connectivity index (χ1) is 9.12. The van der Waals surface area contributed by atoms with Crippen LogP contribution in [0, 0.1) is 5.41 Å². The minimum atomic E-state index is 0.438. The van der Waals surface area contributed by atoms with Crippen molar-refractivity contribution in [3.8, 4) is 5.75 Å². The fourth-order valence-corrected chi connectivity index (χ4v) is 2.80. The topological polar surface area (TPSA) is 21.3 Å². The number of benzene rings is 1. The van der Waals surface area contributed by atoms with Crippen molar-refractivity contribution in [3.63, 3.8) is 0 Å². The van der Waals surface area contributed by atoms with Crippen LogP contribution in [-0.2, 0) is 6.54 Å². The second-order valence-corrected chi connectivity index (χ2v) is 6.06. The summed E-state index contributed by atoms with van der Waals surface area (Å²) in [7, 11) is 0. The Balaban J connectivity index is 1.84. The molecule has 1 aromatic rings. The molecule has 1 saturated carbocycles. The van der Waals surface area contributed by atoms with Crippen LogP contribution in [-0.4, -0.2) is 12.6 Å². The lowest BCUT2D eigenvalue weighted by Crippen LogP contribution is -2.37. The highest BCUT2D eigenvalue weighted by atomic mass is 16.5. The highest BCUT2D eigenvalue weighted by Gasteiger charge is 2.33. The van der Waals surface area contributed by atoms with Gasteiger partial charge in [0.15, 0.2) is 0 Å². The molecule has 19 heavy (non-hydrogen) atoms. The van der Waals surface area contributed by atoms with E-state index in [2.05, 4.69) is 37.9 Å². The van der Waals surface area contributed by atoms with Gasteiger partial charge >= 0.3 is 0 Å². The van der Waals surface area contributed by atoms with E-state index in [9.17, 15) is 0 Å². The zero-order chi connectivity index (χ0) is 13.7. The van der Waals surface area contributed by atoms with Crippen molar-refractivity contribution in [1.82, 2.24) is 5.32 Å². The van der Waals surface area contributed by atoms with Gasteiger partial charge in [-0.15, -0.1) is 0 Å². The van der Waals surface area contributed by atoms with Crippen molar-refractivity contribution < 1.29 is 4.74 Å². The Kier molecular flexibility index (Phi) is 4.65. The van der Waals surface area contributed by atoms with E-state index in [1.807, 2.05) is 12.1 Å². The molecule has 0 aliphatic heterocycles. The minimum absolute atomic E-state index is 0.438. The Hall–Kier alpha value is -1.28. The van der Waals surface area contributed by atoms with E-state index in [4.69, 9.17) is 4.74 Å². The van der Waals surface area contributed by atoms with E-state index in [0.717, 1.165) is 12.3 Å². The molecule has 1 unspecified atom stereocenters. The lowest BCUT2D eigenvalue weighted by molar-refractivity contribution is 0.282. The fourth-order valence-electron chi connectivity index (χ4n) is 2.80. The van der Waals surface area contributed by atoms with Gasteiger partial charge in [0.1, 0.15) is 12.4 Å². The monoisotopic (exact) mass is 259 g/mol. The van der Waals surface area contributed by atoms with Crippen molar-refractivity contribution in [3.05, 3.63) is 42.5 Å². The average molecular weight is 259 g/mol. The van der Waals surface area contributed by atoms with Gasteiger partial charge in [-0.05, 0) is 36.0 Å². The molecule has 2 nitrogen and oxygen atoms in total. The highest BCUT2D eigenvalue weighted by Crippen LogP contribution is 2.37. The molecule has 0 heterocycles. The molecule has 1 atom stereocenters. The van der Waals surface area contributed by atoms with E-state index < -0.39 is 0 Å². The molecule has 1 N–H and O–H groups in total. The van der Waals surface area contributed by atoms with E-state index in [1.54, 1.807) is 6.08 Å². The van der Waals surface area contributed by atoms with Gasteiger partial charge in [-0.3, -0.25) is 0 Å². The van der Waals surface area contributed by atoms with Gasteiger partial charge in [-0.25, -0.2) is 0 Å². The predicted octanol–water partition coefficient (Wildman–Crippen LogP) is 3.92. The van der Waals surface area contributed by atoms with Gasteiger partial charge in [-0.2, -0.15) is 0 Å². The van der Waals surface area contributed by atoms with E-state index in [-0.39, 0.29) is 0 Å². The number of ether oxygens (including phenoxy) is 1. The summed E-state index contributed by atoms with van der Waals surface area (Å²) in [6.45, 7) is 9.88. The summed E-state index contributed by atoms with van der Waals surface area (Å²) in [4.78, 5) is 0. The molecular weight excluding hydrogens is 234 g/mol. The van der Waals surface area contributed by atoms with Crippen molar-refractivity contribution in [2.75, 3.05) is 6.61 Å². The molecule has 0 bridgehead atoms. The summed E-state index contributed by atoms with van der Waals surface area (Å²) in [5, 5.41) is 3.69. The molecular formula is C17H25NO. The molecule has 1 aromatic carbocycles. The fraction of sp³-hybridized carbons (Fsp3) is 0.529. The molecule has 1 fully saturated rings. The quantitative estimate of drug-likeness (QED) is 0.782. The van der Waals surface area contributed by atoms with Gasteiger partial charge in [0, 0.05) is 12.6 Å². The first-order valence-electron chi connectivity index (χ1n) is 7.18. The maximum atomic E-state index is 5.48. The van der Waals surface area contributed by atoms with Gasteiger partial charge in [0.2, 0.25) is 0 Å². The molecule has 0 saturated heterocycles. The standard InChI is InChI=1S/C17H25NO/c1-4-12-19-15-9-7-14(8-10-15)13-18-16-6-5-11-17(16,2)3/h4,7-10,16,18H,1,5-6,11-13H2,2-3H3. The summed E-state index contributed by atoms with van der Waals surface area (Å²) in [5.74, 6) is 0.907. The molecule has 2 rings (SSSR count). The van der Waals surface area contributed by atoms with Crippen LogP contribution >= 0.6 is 0 Å². The van der Waals surface area contributed by atoms with Crippen molar-refractivity contribution in [1.29, 1.82) is 0 Å². The zero-order valence-electron chi connectivity index (χ0n) is 12.1. The zero-order valence-corrected chi connectivity index (χ0v) is 12.1. The number of hydrogen-bond donors (Lipinski definition) is 1. The highest BCUT2D eigenvalue weighted by molar-refractivity contribution is 5.27. The molecule has 2 heteroatoms. The molecule has 0 aromatic heterocycles. The third kappa shape index (κ3) is 3.84. The lowest BCUT2D eigenvalue weighted by atomic mass is 9.87. The SMILES string of the molecule is C=CCOc1ccc(CNC2CCCC2(C)C)cc1. The van der Waals surface area contributed by atoms with Gasteiger partial charge in [-0.1, -0.05) is 45.1 Å². The first-order valence-corrected chi connectivity index (χ1v) is 7.18. The second-order valence-electron chi connectivity index (χ2n) is 6.06. The van der Waals surface area contributed by atoms with Gasteiger partial charge < -0.3 is 10.1 Å². The largest absolute Gasteiger partial charge is 0.490 e. The van der Waals surface area contributed by atoms with Crippen LogP contribution in [0.15, 0.2) is 36.9 Å². The molecule has 104 valence electrons. The van der Waals surface area contributed by atoms with Crippen LogP contribution in [0.3, 0.4) is 0 Å². The number of hydrogen-bond acceptors (Lipinski definition) is 2. The molecule has 0 amide bonds. The van der Waals surface area contributed by atoms with Gasteiger partial charge in [0.25, 0.3) is 0 Å². The Morgan fingerprint density at radius 3 is 2.68 bits per heavy atom. The molecule has 0 spiro atoms. The van der Waals surface area contributed by atoms with Crippen LogP contribution in [0.2, 0.25) is 0 Å². The summed E-state index contributed by atoms with van der Waals surface area (Å²) in [5.41, 5.74) is 1.75. The second kappa shape index (κ2) is 6.25. The van der Waals surface area contributed by atoms with Crippen LogP contribution in [0.5, 0.6) is 5.75 Å². The molecule has 1 aliphatic rings. The van der Waals surface area contributed by atoms with Crippen LogP contribution in [0.4, 0.5) is 0 Å². The average Bonchev–Trinajstić information content (AvgIpc) is 2.74. The van der Waals surface area contributed by atoms with E-state index in [0.29, 0.717) is 18.1 Å². The Labute approximate surface area is 116 Å². The van der Waals surface area contributed by atoms with Crippen molar-refractivity contribution in [2.24, 2.45) is 5.41 Å². The number of rotatable bonds is 6. The van der Waals surface area contributed by atoms with Gasteiger partial charge in [0.05, 0.1) is 0 Å². The summed E-state index contributed by atoms with van der Waals surface area (Å²) < 4.78 is 5.48. The minimum Gasteiger partial charge on any atom is -0.490 e. The van der Waals surface area contributed by atoms with Crippen LogP contribution < -0.4 is 10.1 Å². The lowest BCUT2D eigenvalue weighted by Gasteiger charge is -2.28. The molecule has 0 radical (unpaired) electrons. The van der Waals surface area contributed by atoms with Crippen LogP contribution in [0.25, 0.3) is 0 Å². The summed E-state index contributed by atoms with van der Waals surface area (Å²) >= 11 is 0. The Morgan fingerprint density at radius 2 is 2.11 bits per heavy atom. The Bertz CT molecular complexity index is 408. The maximum Gasteiger partial charge on any atom is 0.119 e. The summed E-state index contributed by atoms with van der Waals surface area (Å²) in [6.07, 6.45) is 5.74. The normalized spacial score (nSPS) is 21.3. The predicted molar refractivity (Wildman–Crippen MR) is 80.4 cm³/mol. The van der Waals surface area contributed by atoms with Crippen molar-refractivity contribution >= 4 is 0 Å². The third-order valence-corrected chi connectivity index (χ3v) is 4.10. The smallest absolute Gasteiger partial charge is 0.119 e.